The number of nitrogens with one attached hydrogen (secondary N) is 1. The fourth-order valence-electron chi connectivity index (χ4n) is 3.74. The lowest BCUT2D eigenvalue weighted by atomic mass is 9.96. The van der Waals surface area contributed by atoms with Gasteiger partial charge in [0.1, 0.15) is 5.82 Å². The van der Waals surface area contributed by atoms with E-state index in [1.807, 2.05) is 19.1 Å². The first-order valence-corrected chi connectivity index (χ1v) is 12.0. The molecule has 0 radical (unpaired) electrons. The fourth-order valence-corrected chi connectivity index (χ4v) is 5.30. The molecule has 5 nitrogen and oxygen atoms in total. The van der Waals surface area contributed by atoms with Crippen molar-refractivity contribution in [1.82, 2.24) is 9.62 Å². The number of hydrogen-bond donors (Lipinski definition) is 1. The Morgan fingerprint density at radius 1 is 1.07 bits per heavy atom. The van der Waals surface area contributed by atoms with Crippen molar-refractivity contribution in [2.75, 3.05) is 13.1 Å². The van der Waals surface area contributed by atoms with E-state index in [9.17, 15) is 17.6 Å². The lowest BCUT2D eigenvalue weighted by Gasteiger charge is -2.31. The van der Waals surface area contributed by atoms with Crippen molar-refractivity contribution in [1.29, 1.82) is 0 Å². The SMILES string of the molecule is CCc1ccc(C(C)NC(=O)C2CCN(S(=O)(=O)Cc3ccc(F)cc3)CC2)cc1. The molecule has 1 unspecified atom stereocenters. The molecular weight excluding hydrogens is 403 g/mol. The van der Waals surface area contributed by atoms with Gasteiger partial charge in [0.25, 0.3) is 0 Å². The number of carbonyl (C=O) groups excluding carboxylic acids is 1. The Morgan fingerprint density at radius 2 is 1.63 bits per heavy atom. The highest BCUT2D eigenvalue weighted by Crippen LogP contribution is 2.23. The van der Waals surface area contributed by atoms with Gasteiger partial charge in [-0.05, 0) is 55.0 Å². The predicted octanol–water partition coefficient (Wildman–Crippen LogP) is 3.81. The summed E-state index contributed by atoms with van der Waals surface area (Å²) in [6.45, 7) is 4.70. The monoisotopic (exact) mass is 432 g/mol. The van der Waals surface area contributed by atoms with Crippen LogP contribution in [0.1, 0.15) is 49.4 Å². The van der Waals surface area contributed by atoms with Crippen LogP contribution >= 0.6 is 0 Å². The number of rotatable bonds is 7. The van der Waals surface area contributed by atoms with Crippen LogP contribution in [0.25, 0.3) is 0 Å². The molecule has 1 N–H and O–H groups in total. The van der Waals surface area contributed by atoms with Crippen LogP contribution in [0, 0.1) is 11.7 Å². The number of nitrogens with zero attached hydrogens (tertiary/aromatic N) is 1. The molecule has 1 saturated heterocycles. The minimum absolute atomic E-state index is 0.0300. The third kappa shape index (κ3) is 5.67. The van der Waals surface area contributed by atoms with Gasteiger partial charge in [0.05, 0.1) is 11.8 Å². The summed E-state index contributed by atoms with van der Waals surface area (Å²) in [5, 5.41) is 3.06. The molecule has 1 fully saturated rings. The quantitative estimate of drug-likeness (QED) is 0.724. The number of piperidine rings is 1. The molecule has 2 aromatic rings. The van der Waals surface area contributed by atoms with Crippen molar-refractivity contribution in [2.24, 2.45) is 5.92 Å². The number of amides is 1. The highest BCUT2D eigenvalue weighted by Gasteiger charge is 2.31. The molecule has 0 saturated carbocycles. The zero-order valence-corrected chi connectivity index (χ0v) is 18.3. The Kier molecular flexibility index (Phi) is 7.26. The van der Waals surface area contributed by atoms with E-state index in [4.69, 9.17) is 0 Å². The molecule has 0 aromatic heterocycles. The number of hydrogen-bond acceptors (Lipinski definition) is 3. The van der Waals surface area contributed by atoms with Crippen molar-refractivity contribution in [3.05, 3.63) is 71.0 Å². The molecule has 0 bridgehead atoms. The Balaban J connectivity index is 1.52. The summed E-state index contributed by atoms with van der Waals surface area (Å²) in [5.41, 5.74) is 2.87. The molecule has 30 heavy (non-hydrogen) atoms. The normalized spacial score (nSPS) is 16.9. The first-order chi connectivity index (χ1) is 14.3. The zero-order valence-electron chi connectivity index (χ0n) is 17.5. The first kappa shape index (κ1) is 22.4. The molecule has 2 aromatic carbocycles. The van der Waals surface area contributed by atoms with Crippen molar-refractivity contribution < 1.29 is 17.6 Å². The summed E-state index contributed by atoms with van der Waals surface area (Å²) in [5.74, 6) is -0.773. The number of aryl methyl sites for hydroxylation is 1. The van der Waals surface area contributed by atoms with Crippen LogP contribution in [-0.4, -0.2) is 31.7 Å². The van der Waals surface area contributed by atoms with Crippen molar-refractivity contribution in [3.8, 4) is 0 Å². The van der Waals surface area contributed by atoms with Crippen LogP contribution in [0.2, 0.25) is 0 Å². The average Bonchev–Trinajstić information content (AvgIpc) is 2.75. The van der Waals surface area contributed by atoms with E-state index >= 15 is 0 Å². The maximum absolute atomic E-state index is 13.0. The fraction of sp³-hybridized carbons (Fsp3) is 0.435. The summed E-state index contributed by atoms with van der Waals surface area (Å²) >= 11 is 0. The molecule has 1 atom stereocenters. The molecular formula is C23H29FN2O3S. The topological polar surface area (TPSA) is 66.5 Å². The maximum Gasteiger partial charge on any atom is 0.223 e. The van der Waals surface area contributed by atoms with Crippen LogP contribution in [0.5, 0.6) is 0 Å². The molecule has 0 spiro atoms. The first-order valence-electron chi connectivity index (χ1n) is 10.4. The van der Waals surface area contributed by atoms with Crippen LogP contribution in [0.3, 0.4) is 0 Å². The molecule has 1 aliphatic heterocycles. The Morgan fingerprint density at radius 3 is 2.20 bits per heavy atom. The van der Waals surface area contributed by atoms with Crippen molar-refractivity contribution >= 4 is 15.9 Å². The second kappa shape index (κ2) is 9.71. The van der Waals surface area contributed by atoms with E-state index < -0.39 is 15.8 Å². The van der Waals surface area contributed by atoms with Gasteiger partial charge in [-0.15, -0.1) is 0 Å². The lowest BCUT2D eigenvalue weighted by molar-refractivity contribution is -0.126. The molecule has 1 amide bonds. The van der Waals surface area contributed by atoms with Gasteiger partial charge in [0.15, 0.2) is 0 Å². The number of benzene rings is 2. The summed E-state index contributed by atoms with van der Waals surface area (Å²) in [4.78, 5) is 12.7. The highest BCUT2D eigenvalue weighted by molar-refractivity contribution is 7.88. The minimum atomic E-state index is -3.49. The van der Waals surface area contributed by atoms with Gasteiger partial charge in [-0.2, -0.15) is 0 Å². The average molecular weight is 433 g/mol. The Labute approximate surface area is 178 Å². The predicted molar refractivity (Wildman–Crippen MR) is 116 cm³/mol. The van der Waals surface area contributed by atoms with Gasteiger partial charge in [-0.1, -0.05) is 43.3 Å². The summed E-state index contributed by atoms with van der Waals surface area (Å²) < 4.78 is 39.8. The van der Waals surface area contributed by atoms with E-state index in [2.05, 4.69) is 24.4 Å². The van der Waals surface area contributed by atoms with Crippen molar-refractivity contribution in [3.63, 3.8) is 0 Å². The minimum Gasteiger partial charge on any atom is -0.349 e. The Bertz CT molecular complexity index is 951. The van der Waals surface area contributed by atoms with E-state index in [-0.39, 0.29) is 23.6 Å². The Hall–Kier alpha value is -2.25. The second-order valence-corrected chi connectivity index (χ2v) is 9.85. The van der Waals surface area contributed by atoms with Crippen LogP contribution < -0.4 is 5.32 Å². The maximum atomic E-state index is 13.0. The zero-order chi connectivity index (χ0) is 21.7. The lowest BCUT2D eigenvalue weighted by Crippen LogP contribution is -2.43. The van der Waals surface area contributed by atoms with Crippen molar-refractivity contribution in [2.45, 2.75) is 44.9 Å². The summed E-state index contributed by atoms with van der Waals surface area (Å²) in [6.07, 6.45) is 1.97. The largest absolute Gasteiger partial charge is 0.349 e. The van der Waals surface area contributed by atoms with E-state index in [1.54, 1.807) is 0 Å². The molecule has 0 aliphatic carbocycles. The van der Waals surface area contributed by atoms with Gasteiger partial charge >= 0.3 is 0 Å². The third-order valence-electron chi connectivity index (χ3n) is 5.73. The number of halogens is 1. The van der Waals surface area contributed by atoms with Gasteiger partial charge < -0.3 is 5.32 Å². The molecule has 1 heterocycles. The number of carbonyl (C=O) groups is 1. The number of sulfonamides is 1. The molecule has 7 heteroatoms. The highest BCUT2D eigenvalue weighted by atomic mass is 32.2. The summed E-state index contributed by atoms with van der Waals surface area (Å²) in [6, 6.07) is 13.6. The van der Waals surface area contributed by atoms with Crippen LogP contribution in [0.15, 0.2) is 48.5 Å². The van der Waals surface area contributed by atoms with Gasteiger partial charge in [0.2, 0.25) is 15.9 Å². The smallest absolute Gasteiger partial charge is 0.223 e. The molecule has 162 valence electrons. The molecule has 1 aliphatic rings. The van der Waals surface area contributed by atoms with E-state index in [0.29, 0.717) is 31.5 Å². The van der Waals surface area contributed by atoms with Gasteiger partial charge in [-0.3, -0.25) is 4.79 Å². The standard InChI is InChI=1S/C23H29FN2O3S/c1-3-18-4-8-20(9-5-18)17(2)25-23(27)21-12-14-26(15-13-21)30(28,29)16-19-6-10-22(24)11-7-19/h4-11,17,21H,3,12-16H2,1-2H3,(H,25,27). The van der Waals surface area contributed by atoms with Gasteiger partial charge in [-0.25, -0.2) is 17.1 Å². The van der Waals surface area contributed by atoms with Crippen LogP contribution in [0.4, 0.5) is 4.39 Å². The van der Waals surface area contributed by atoms with E-state index in [0.717, 1.165) is 12.0 Å². The second-order valence-electron chi connectivity index (χ2n) is 7.88. The van der Waals surface area contributed by atoms with E-state index in [1.165, 1.54) is 34.1 Å². The molecule has 3 rings (SSSR count). The third-order valence-corrected chi connectivity index (χ3v) is 7.58. The summed E-state index contributed by atoms with van der Waals surface area (Å²) in [7, 11) is -3.49. The van der Waals surface area contributed by atoms with Gasteiger partial charge in [0, 0.05) is 19.0 Å². The van der Waals surface area contributed by atoms with Crippen LogP contribution in [-0.2, 0) is 27.0 Å².